The summed E-state index contributed by atoms with van der Waals surface area (Å²) in [7, 11) is 1.93. The fourth-order valence-electron chi connectivity index (χ4n) is 4.59. The van der Waals surface area contributed by atoms with Gasteiger partial charge in [-0.15, -0.1) is 0 Å². The second-order valence-corrected chi connectivity index (χ2v) is 10.8. The molecule has 2 atom stereocenters. The lowest BCUT2D eigenvalue weighted by molar-refractivity contribution is 0.0946. The van der Waals surface area contributed by atoms with Gasteiger partial charge >= 0.3 is 0 Å². The number of likely N-dealkylation sites (tertiary alicyclic amines) is 1. The highest BCUT2D eigenvalue weighted by atomic mass is 19.1. The highest BCUT2D eigenvalue weighted by molar-refractivity contribution is 5.93. The molecule has 1 aliphatic heterocycles. The van der Waals surface area contributed by atoms with Crippen LogP contribution >= 0.6 is 0 Å². The maximum atomic E-state index is 14.7. The number of piperidine rings is 1. The molecule has 11 nitrogen and oxygen atoms in total. The average molecular weight is 536 g/mol. The van der Waals surface area contributed by atoms with E-state index in [2.05, 4.69) is 25.9 Å². The Morgan fingerprint density at radius 2 is 2.13 bits per heavy atom. The van der Waals surface area contributed by atoms with Crippen molar-refractivity contribution in [2.24, 2.45) is 0 Å². The summed E-state index contributed by atoms with van der Waals surface area (Å²) in [6.45, 7) is 9.21. The van der Waals surface area contributed by atoms with Gasteiger partial charge in [-0.05, 0) is 59.4 Å². The number of rotatable bonds is 7. The van der Waals surface area contributed by atoms with Crippen LogP contribution in [0.5, 0.6) is 0 Å². The van der Waals surface area contributed by atoms with Gasteiger partial charge in [-0.1, -0.05) is 11.2 Å². The lowest BCUT2D eigenvalue weighted by Crippen LogP contribution is -2.46. The third-order valence-electron chi connectivity index (χ3n) is 6.71. The molecule has 4 aromatic heterocycles. The maximum Gasteiger partial charge on any atom is 0.254 e. The zero-order valence-electron chi connectivity index (χ0n) is 22.8. The van der Waals surface area contributed by atoms with E-state index in [1.807, 2.05) is 74.5 Å². The minimum Gasteiger partial charge on any atom is -0.376 e. The quantitative estimate of drug-likeness (QED) is 0.367. The third-order valence-corrected chi connectivity index (χ3v) is 6.71. The van der Waals surface area contributed by atoms with Gasteiger partial charge in [0.15, 0.2) is 5.65 Å². The second kappa shape index (κ2) is 10.6. The maximum absolute atomic E-state index is 14.7. The third kappa shape index (κ3) is 5.56. The number of imidazole rings is 1. The number of carbonyl (C=O) groups excluding carboxylic acids is 1. The molecule has 39 heavy (non-hydrogen) atoms. The van der Waals surface area contributed by atoms with E-state index in [0.717, 1.165) is 17.9 Å². The number of amides is 1. The molecule has 0 bridgehead atoms. The molecular formula is C27H34FN9O2. The van der Waals surface area contributed by atoms with Gasteiger partial charge in [0.05, 0.1) is 41.3 Å². The smallest absolute Gasteiger partial charge is 0.254 e. The average Bonchev–Trinajstić information content (AvgIpc) is 3.64. The Hall–Kier alpha value is -4.06. The summed E-state index contributed by atoms with van der Waals surface area (Å²) >= 11 is 0. The molecule has 5 heterocycles. The van der Waals surface area contributed by atoms with Crippen molar-refractivity contribution in [1.82, 2.24) is 39.5 Å². The number of hydrogen-bond donors (Lipinski definition) is 2. The van der Waals surface area contributed by atoms with Crippen molar-refractivity contribution in [3.63, 3.8) is 0 Å². The van der Waals surface area contributed by atoms with E-state index >= 15 is 0 Å². The van der Waals surface area contributed by atoms with Gasteiger partial charge in [-0.3, -0.25) is 13.9 Å². The van der Waals surface area contributed by atoms with Crippen molar-refractivity contribution in [3.05, 3.63) is 53.9 Å². The normalized spacial score (nSPS) is 18.7. The number of halogens is 1. The number of carbonyl (C=O) groups is 1. The van der Waals surface area contributed by atoms with E-state index in [0.29, 0.717) is 35.7 Å². The molecule has 0 saturated carbocycles. The first-order valence-electron chi connectivity index (χ1n) is 13.0. The molecule has 0 unspecified atom stereocenters. The Morgan fingerprint density at radius 3 is 2.85 bits per heavy atom. The van der Waals surface area contributed by atoms with Gasteiger partial charge in [0, 0.05) is 25.5 Å². The largest absolute Gasteiger partial charge is 0.376 e. The number of pyridine rings is 1. The predicted molar refractivity (Wildman–Crippen MR) is 146 cm³/mol. The first kappa shape index (κ1) is 26.5. The number of nitrogens with one attached hydrogen (secondary N) is 2. The van der Waals surface area contributed by atoms with Crippen LogP contribution in [0, 0.1) is 0 Å². The summed E-state index contributed by atoms with van der Waals surface area (Å²) in [5.41, 5.74) is 2.88. The SMILES string of the molecule is C/C=C/c1c(-c2noc(CNC(=O)c3cnn(C(C)(C)C)c3)n2)nc2c(N[C@@H]3CCN(C)C[C@@H]3F)cccn12. The van der Waals surface area contributed by atoms with Crippen molar-refractivity contribution >= 4 is 23.3 Å². The molecule has 1 amide bonds. The van der Waals surface area contributed by atoms with E-state index in [1.54, 1.807) is 10.9 Å². The van der Waals surface area contributed by atoms with Crippen LogP contribution < -0.4 is 10.6 Å². The summed E-state index contributed by atoms with van der Waals surface area (Å²) in [5, 5.41) is 14.6. The Balaban J connectivity index is 1.36. The molecule has 1 aliphatic rings. The van der Waals surface area contributed by atoms with Crippen molar-refractivity contribution in [2.75, 3.05) is 25.5 Å². The van der Waals surface area contributed by atoms with E-state index in [4.69, 9.17) is 9.51 Å². The molecule has 2 N–H and O–H groups in total. The predicted octanol–water partition coefficient (Wildman–Crippen LogP) is 3.75. The number of fused-ring (bicyclic) bond motifs is 1. The van der Waals surface area contributed by atoms with Gasteiger partial charge in [0.2, 0.25) is 11.7 Å². The van der Waals surface area contributed by atoms with Gasteiger partial charge in [0.25, 0.3) is 5.91 Å². The topological polar surface area (TPSA) is 118 Å². The molecular weight excluding hydrogens is 501 g/mol. The van der Waals surface area contributed by atoms with Gasteiger partial charge in [0.1, 0.15) is 11.9 Å². The van der Waals surface area contributed by atoms with E-state index in [1.165, 1.54) is 6.20 Å². The van der Waals surface area contributed by atoms with Gasteiger partial charge in [-0.25, -0.2) is 9.37 Å². The molecule has 0 aliphatic carbocycles. The van der Waals surface area contributed by atoms with E-state index in [-0.39, 0.29) is 29.9 Å². The van der Waals surface area contributed by atoms with Gasteiger partial charge in [-0.2, -0.15) is 10.1 Å². The number of aromatic nitrogens is 6. The van der Waals surface area contributed by atoms with Crippen molar-refractivity contribution in [2.45, 2.75) is 58.4 Å². The first-order chi connectivity index (χ1) is 18.6. The van der Waals surface area contributed by atoms with Crippen molar-refractivity contribution < 1.29 is 13.7 Å². The zero-order chi connectivity index (χ0) is 27.7. The lowest BCUT2D eigenvalue weighted by Gasteiger charge is -2.33. The standard InChI is InChI=1S/C27H34FN9O2/c1-6-8-21-23(33-25-20(9-7-11-36(21)25)31-19-10-12-35(5)16-18(19)28)24-32-22(39-34-24)14-29-26(38)17-13-30-37(15-17)27(2,3)4/h6-9,11,13,15,18-19,31H,10,12,14,16H2,1-5H3,(H,29,38)/b8-6+/t18-,19+/m0/s1. The van der Waals surface area contributed by atoms with Crippen LogP contribution in [0.3, 0.4) is 0 Å². The highest BCUT2D eigenvalue weighted by Gasteiger charge is 2.28. The zero-order valence-corrected chi connectivity index (χ0v) is 22.8. The summed E-state index contributed by atoms with van der Waals surface area (Å²) in [6.07, 6.45) is 8.67. The fourth-order valence-corrected chi connectivity index (χ4v) is 4.59. The van der Waals surface area contributed by atoms with Crippen molar-refractivity contribution in [3.8, 4) is 11.5 Å². The summed E-state index contributed by atoms with van der Waals surface area (Å²) < 4.78 is 23.8. The van der Waals surface area contributed by atoms with Crippen LogP contribution in [0.15, 0.2) is 41.3 Å². The van der Waals surface area contributed by atoms with Gasteiger partial charge < -0.3 is 20.1 Å². The summed E-state index contributed by atoms with van der Waals surface area (Å²) in [5.74, 6) is 0.253. The molecule has 12 heteroatoms. The minimum absolute atomic E-state index is 0.0552. The lowest BCUT2D eigenvalue weighted by atomic mass is 10.0. The molecule has 1 fully saturated rings. The number of alkyl halides is 1. The molecule has 1 saturated heterocycles. The summed E-state index contributed by atoms with van der Waals surface area (Å²) in [6, 6.07) is 3.50. The Morgan fingerprint density at radius 1 is 1.31 bits per heavy atom. The molecule has 206 valence electrons. The Bertz CT molecular complexity index is 1500. The van der Waals surface area contributed by atoms with Crippen LogP contribution in [0.4, 0.5) is 10.1 Å². The molecule has 0 radical (unpaired) electrons. The molecule has 0 spiro atoms. The van der Waals surface area contributed by atoms with Crippen LogP contribution in [0.2, 0.25) is 0 Å². The highest BCUT2D eigenvalue weighted by Crippen LogP contribution is 2.29. The van der Waals surface area contributed by atoms with E-state index < -0.39 is 6.17 Å². The molecule has 5 rings (SSSR count). The van der Waals surface area contributed by atoms with Crippen molar-refractivity contribution in [1.29, 1.82) is 0 Å². The van der Waals surface area contributed by atoms with Crippen LogP contribution in [0.25, 0.3) is 23.2 Å². The minimum atomic E-state index is -0.980. The summed E-state index contributed by atoms with van der Waals surface area (Å²) in [4.78, 5) is 23.9. The molecule has 4 aromatic rings. The number of nitrogens with zero attached hydrogens (tertiary/aromatic N) is 7. The molecule has 0 aromatic carbocycles. The fraction of sp³-hybridized carbons (Fsp3) is 0.444. The van der Waals surface area contributed by atoms with Crippen LogP contribution in [0.1, 0.15) is 56.1 Å². The Labute approximate surface area is 226 Å². The number of allylic oxidation sites excluding steroid dienone is 1. The second-order valence-electron chi connectivity index (χ2n) is 10.8. The van der Waals surface area contributed by atoms with Crippen LogP contribution in [-0.4, -0.2) is 72.5 Å². The van der Waals surface area contributed by atoms with Crippen LogP contribution in [-0.2, 0) is 12.1 Å². The first-order valence-corrected chi connectivity index (χ1v) is 13.0. The monoisotopic (exact) mass is 535 g/mol. The Kier molecular flexibility index (Phi) is 7.21. The van der Waals surface area contributed by atoms with E-state index in [9.17, 15) is 9.18 Å². The number of anilines is 1. The number of hydrogen-bond acceptors (Lipinski definition) is 8.